The Morgan fingerprint density at radius 3 is 2.08 bits per heavy atom. The number of hydrogen-bond donors (Lipinski definition) is 2. The molecule has 0 saturated heterocycles. The number of amides is 2. The van der Waals surface area contributed by atoms with Crippen LogP contribution < -0.4 is 10.6 Å². The Morgan fingerprint density at radius 2 is 1.56 bits per heavy atom. The molecule has 0 radical (unpaired) electrons. The Balaban J connectivity index is 1.60. The molecule has 2 aliphatic rings. The molecule has 0 aliphatic heterocycles. The van der Waals surface area contributed by atoms with Gasteiger partial charge in [0.25, 0.3) is 0 Å². The average molecular weight is 690 g/mol. The number of nitrogens with one attached hydrogen (secondary N) is 2. The molecular formula is C36H57F2N5O4Si. The van der Waals surface area contributed by atoms with Gasteiger partial charge in [-0.2, -0.15) is 9.49 Å². The fourth-order valence-corrected chi connectivity index (χ4v) is 8.18. The molecule has 2 aliphatic carbocycles. The predicted molar refractivity (Wildman–Crippen MR) is 187 cm³/mol. The van der Waals surface area contributed by atoms with Crippen LogP contribution in [0, 0.1) is 43.4 Å². The molecule has 1 atom stereocenters. The summed E-state index contributed by atoms with van der Waals surface area (Å²) >= 11 is 0. The highest BCUT2D eigenvalue weighted by Gasteiger charge is 2.42. The summed E-state index contributed by atoms with van der Waals surface area (Å²) in [6, 6.07) is 1.09. The van der Waals surface area contributed by atoms with E-state index in [0.29, 0.717) is 23.6 Å². The molecule has 2 N–H and O–H groups in total. The first-order chi connectivity index (χ1) is 22.5. The SMILES string of the molecule is Cc1nn(COCC[Si](C)(C)C)c(C)c1-c1c(F)cc(NC(=O)C(NC(=O)OC(C)(C)C)C(C2CCCCC2)C2CCCCC2)nc1F. The highest BCUT2D eigenvalue weighted by molar-refractivity contribution is 6.76. The number of aryl methyl sites for hydroxylation is 1. The van der Waals surface area contributed by atoms with E-state index >= 15 is 8.78 Å². The van der Waals surface area contributed by atoms with Gasteiger partial charge in [0.1, 0.15) is 30.0 Å². The van der Waals surface area contributed by atoms with Crippen molar-refractivity contribution in [3.05, 3.63) is 29.2 Å². The number of anilines is 1. The van der Waals surface area contributed by atoms with Gasteiger partial charge in [-0.15, -0.1) is 0 Å². The third-order valence-corrected chi connectivity index (χ3v) is 11.5. The van der Waals surface area contributed by atoms with E-state index in [-0.39, 0.29) is 35.9 Å². The Kier molecular flexibility index (Phi) is 12.8. The molecule has 4 rings (SSSR count). The van der Waals surface area contributed by atoms with Crippen molar-refractivity contribution in [2.75, 3.05) is 11.9 Å². The van der Waals surface area contributed by atoms with Crippen LogP contribution in [-0.2, 0) is 21.0 Å². The van der Waals surface area contributed by atoms with Gasteiger partial charge < -0.3 is 20.1 Å². The van der Waals surface area contributed by atoms with Crippen LogP contribution in [0.2, 0.25) is 25.7 Å². The zero-order chi connectivity index (χ0) is 35.2. The molecule has 2 heterocycles. The summed E-state index contributed by atoms with van der Waals surface area (Å²) in [5, 5.41) is 10.0. The summed E-state index contributed by atoms with van der Waals surface area (Å²) in [7, 11) is -1.27. The summed E-state index contributed by atoms with van der Waals surface area (Å²) < 4.78 is 44.6. The molecule has 2 aromatic rings. The molecule has 2 amide bonds. The number of carbonyl (C=O) groups excluding carboxylic acids is 2. The molecular weight excluding hydrogens is 633 g/mol. The number of carbonyl (C=O) groups is 2. The van der Waals surface area contributed by atoms with Crippen LogP contribution in [-0.4, -0.2) is 53.1 Å². The van der Waals surface area contributed by atoms with Gasteiger partial charge in [-0.3, -0.25) is 4.79 Å². The molecule has 0 aromatic carbocycles. The molecule has 0 spiro atoms. The van der Waals surface area contributed by atoms with Gasteiger partial charge in [0.15, 0.2) is 0 Å². The topological polar surface area (TPSA) is 107 Å². The summed E-state index contributed by atoms with van der Waals surface area (Å²) in [4.78, 5) is 31.3. The Morgan fingerprint density at radius 1 is 0.979 bits per heavy atom. The molecule has 9 nitrogen and oxygen atoms in total. The van der Waals surface area contributed by atoms with E-state index in [1.54, 1.807) is 39.3 Å². The normalized spacial score (nSPS) is 17.4. The van der Waals surface area contributed by atoms with Crippen LogP contribution in [0.15, 0.2) is 6.07 Å². The maximum absolute atomic E-state index is 15.8. The highest BCUT2D eigenvalue weighted by atomic mass is 28.3. The number of nitrogens with zero attached hydrogens (tertiary/aromatic N) is 3. The quantitative estimate of drug-likeness (QED) is 0.131. The highest BCUT2D eigenvalue weighted by Crippen LogP contribution is 2.42. The number of hydrogen-bond acceptors (Lipinski definition) is 6. The summed E-state index contributed by atoms with van der Waals surface area (Å²) in [6.07, 6.45) is 9.85. The van der Waals surface area contributed by atoms with Crippen molar-refractivity contribution in [3.8, 4) is 11.1 Å². The second-order valence-corrected chi connectivity index (χ2v) is 21.7. The van der Waals surface area contributed by atoms with E-state index < -0.39 is 43.5 Å². The van der Waals surface area contributed by atoms with Crippen molar-refractivity contribution in [1.29, 1.82) is 0 Å². The molecule has 2 aromatic heterocycles. The number of pyridine rings is 1. The van der Waals surface area contributed by atoms with E-state index in [0.717, 1.165) is 76.3 Å². The molecule has 48 heavy (non-hydrogen) atoms. The maximum Gasteiger partial charge on any atom is 0.408 e. The lowest BCUT2D eigenvalue weighted by atomic mass is 9.66. The van der Waals surface area contributed by atoms with Crippen molar-refractivity contribution in [2.45, 2.75) is 143 Å². The van der Waals surface area contributed by atoms with Crippen LogP contribution in [0.25, 0.3) is 11.1 Å². The number of alkyl carbamates (subject to hydrolysis) is 1. The minimum absolute atomic E-state index is 0.129. The Hall–Kier alpha value is -2.86. The number of halogens is 2. The van der Waals surface area contributed by atoms with E-state index in [4.69, 9.17) is 9.47 Å². The minimum Gasteiger partial charge on any atom is -0.444 e. The first kappa shape index (κ1) is 37.9. The maximum atomic E-state index is 15.8. The third-order valence-electron chi connectivity index (χ3n) is 9.75. The summed E-state index contributed by atoms with van der Waals surface area (Å²) in [5.41, 5.74) is 0.248. The molecule has 2 fully saturated rings. The van der Waals surface area contributed by atoms with Gasteiger partial charge in [-0.25, -0.2) is 18.9 Å². The fourth-order valence-electron chi connectivity index (χ4n) is 7.43. The standard InChI is InChI=1S/C36H57F2N5O4Si/c1-23-29(24(2)43(42-23)22-46-19-20-48(6,7)8)31-27(37)21-28(39-33(31)38)40-34(44)32(41-35(45)47-36(3,4)5)30(25-15-11-9-12-16-25)26-17-13-10-14-18-26/h21,25-26,30,32H,9-20,22H2,1-8H3,(H,41,45)(H,39,40,44). The summed E-state index contributed by atoms with van der Waals surface area (Å²) in [5.74, 6) is -2.35. The Bertz CT molecular complexity index is 1370. The van der Waals surface area contributed by atoms with Crippen molar-refractivity contribution in [2.24, 2.45) is 17.8 Å². The van der Waals surface area contributed by atoms with E-state index in [9.17, 15) is 9.59 Å². The fraction of sp³-hybridized carbons (Fsp3) is 0.722. The van der Waals surface area contributed by atoms with Crippen molar-refractivity contribution >= 4 is 25.9 Å². The summed E-state index contributed by atoms with van der Waals surface area (Å²) in [6.45, 7) is 16.3. The van der Waals surface area contributed by atoms with E-state index in [1.165, 1.54) is 0 Å². The number of aromatic nitrogens is 3. The van der Waals surface area contributed by atoms with Gasteiger partial charge >= 0.3 is 6.09 Å². The van der Waals surface area contributed by atoms with Crippen LogP contribution in [0.4, 0.5) is 19.4 Å². The molecule has 0 bridgehead atoms. The molecule has 1 unspecified atom stereocenters. The lowest BCUT2D eigenvalue weighted by Gasteiger charge is -2.42. The zero-order valence-electron chi connectivity index (χ0n) is 30.3. The van der Waals surface area contributed by atoms with Crippen LogP contribution in [0.5, 0.6) is 0 Å². The van der Waals surface area contributed by atoms with Crippen LogP contribution in [0.1, 0.15) is 96.4 Å². The zero-order valence-corrected chi connectivity index (χ0v) is 31.3. The van der Waals surface area contributed by atoms with Gasteiger partial charge in [0, 0.05) is 32.0 Å². The third kappa shape index (κ3) is 10.3. The second kappa shape index (κ2) is 16.2. The first-order valence-electron chi connectivity index (χ1n) is 17.8. The van der Waals surface area contributed by atoms with Crippen molar-refractivity contribution in [3.63, 3.8) is 0 Å². The monoisotopic (exact) mass is 689 g/mol. The largest absolute Gasteiger partial charge is 0.444 e. The number of rotatable bonds is 12. The first-order valence-corrected chi connectivity index (χ1v) is 21.5. The smallest absolute Gasteiger partial charge is 0.408 e. The molecule has 2 saturated carbocycles. The van der Waals surface area contributed by atoms with Crippen molar-refractivity contribution < 1.29 is 27.8 Å². The lowest BCUT2D eigenvalue weighted by Crippen LogP contribution is -2.54. The van der Waals surface area contributed by atoms with Crippen molar-refractivity contribution in [1.82, 2.24) is 20.1 Å². The van der Waals surface area contributed by atoms with Gasteiger partial charge in [0.2, 0.25) is 11.9 Å². The minimum atomic E-state index is -1.27. The van der Waals surface area contributed by atoms with Gasteiger partial charge in [-0.1, -0.05) is 83.8 Å². The molecule has 268 valence electrons. The second-order valence-electron chi connectivity index (χ2n) is 16.0. The van der Waals surface area contributed by atoms with Crippen LogP contribution in [0.3, 0.4) is 0 Å². The average Bonchev–Trinajstić information content (AvgIpc) is 3.26. The van der Waals surface area contributed by atoms with Gasteiger partial charge in [-0.05, 0) is 58.4 Å². The van der Waals surface area contributed by atoms with E-state index in [1.807, 2.05) is 0 Å². The predicted octanol–water partition coefficient (Wildman–Crippen LogP) is 8.76. The van der Waals surface area contributed by atoms with E-state index in [2.05, 4.69) is 40.4 Å². The van der Waals surface area contributed by atoms with Crippen LogP contribution >= 0.6 is 0 Å². The lowest BCUT2D eigenvalue weighted by molar-refractivity contribution is -0.121. The Labute approximate surface area is 286 Å². The molecule has 12 heteroatoms. The van der Waals surface area contributed by atoms with Gasteiger partial charge in [0.05, 0.1) is 11.3 Å². The number of ether oxygens (including phenoxy) is 2.